The summed E-state index contributed by atoms with van der Waals surface area (Å²) < 4.78 is 10.6. The molecule has 0 saturated carbocycles. The Balaban J connectivity index is 1.71. The Morgan fingerprint density at radius 3 is 2.50 bits per heavy atom. The lowest BCUT2D eigenvalue weighted by Gasteiger charge is -2.30. The second kappa shape index (κ2) is 8.79. The molecular formula is C22H27N3O5. The van der Waals surface area contributed by atoms with E-state index in [1.165, 1.54) is 6.39 Å². The molecule has 0 spiro atoms. The molecule has 1 aliphatic rings. The van der Waals surface area contributed by atoms with Crippen LogP contribution in [0.3, 0.4) is 0 Å². The van der Waals surface area contributed by atoms with Gasteiger partial charge in [0.05, 0.1) is 12.3 Å². The second-order valence-corrected chi connectivity index (χ2v) is 8.17. The summed E-state index contributed by atoms with van der Waals surface area (Å²) in [5.74, 6) is -0.183. The van der Waals surface area contributed by atoms with Crippen LogP contribution < -0.4 is 10.6 Å². The van der Waals surface area contributed by atoms with E-state index in [1.54, 1.807) is 44.3 Å². The summed E-state index contributed by atoms with van der Waals surface area (Å²) in [6, 6.07) is 6.06. The van der Waals surface area contributed by atoms with E-state index >= 15 is 0 Å². The standard InChI is InChI=1S/C22H27N3O5/c1-13(2)9-17(21(28)25-22(4)14(3)29-11-19(22)26)24-20(27)16-7-5-15(6-8-16)18-10-23-12-30-18/h5-8,10,12-14,17H,9,11H2,1-4H3,(H,24,27)(H,25,28). The molecule has 8 heteroatoms. The highest BCUT2D eigenvalue weighted by Crippen LogP contribution is 2.23. The molecule has 30 heavy (non-hydrogen) atoms. The van der Waals surface area contributed by atoms with Gasteiger partial charge in [-0.05, 0) is 38.3 Å². The van der Waals surface area contributed by atoms with Gasteiger partial charge in [0.15, 0.2) is 17.9 Å². The van der Waals surface area contributed by atoms with E-state index in [4.69, 9.17) is 9.15 Å². The minimum atomic E-state index is -1.10. The average molecular weight is 413 g/mol. The van der Waals surface area contributed by atoms with Gasteiger partial charge in [0.1, 0.15) is 18.2 Å². The number of carbonyl (C=O) groups is 3. The molecule has 1 fully saturated rings. The average Bonchev–Trinajstić information content (AvgIpc) is 3.32. The maximum Gasteiger partial charge on any atom is 0.251 e. The fourth-order valence-electron chi connectivity index (χ4n) is 3.35. The fourth-order valence-corrected chi connectivity index (χ4v) is 3.35. The third kappa shape index (κ3) is 4.59. The topological polar surface area (TPSA) is 111 Å². The van der Waals surface area contributed by atoms with E-state index in [1.807, 2.05) is 13.8 Å². The zero-order chi connectivity index (χ0) is 21.9. The minimum absolute atomic E-state index is 0.0311. The Labute approximate surface area is 175 Å². The normalized spacial score (nSPS) is 22.2. The van der Waals surface area contributed by atoms with E-state index in [-0.39, 0.29) is 24.2 Å². The number of benzene rings is 1. The maximum atomic E-state index is 13.0. The van der Waals surface area contributed by atoms with Gasteiger partial charge in [0.2, 0.25) is 5.91 Å². The van der Waals surface area contributed by atoms with E-state index in [2.05, 4.69) is 15.6 Å². The molecule has 0 radical (unpaired) electrons. The Hall–Kier alpha value is -3.00. The lowest BCUT2D eigenvalue weighted by Crippen LogP contribution is -2.60. The number of Topliss-reactive ketones (excluding diaryl/α,β-unsaturated/α-hetero) is 1. The van der Waals surface area contributed by atoms with Crippen LogP contribution in [0.15, 0.2) is 41.3 Å². The van der Waals surface area contributed by atoms with Gasteiger partial charge in [-0.15, -0.1) is 0 Å². The number of oxazole rings is 1. The maximum absolute atomic E-state index is 13.0. The molecule has 2 amide bonds. The summed E-state index contributed by atoms with van der Waals surface area (Å²) in [6.07, 6.45) is 2.93. The Morgan fingerprint density at radius 2 is 1.97 bits per heavy atom. The minimum Gasteiger partial charge on any atom is -0.444 e. The van der Waals surface area contributed by atoms with Gasteiger partial charge in [0.25, 0.3) is 5.91 Å². The van der Waals surface area contributed by atoms with Gasteiger partial charge in [-0.3, -0.25) is 14.4 Å². The first kappa shape index (κ1) is 21.7. The molecule has 3 rings (SSSR count). The van der Waals surface area contributed by atoms with Crippen molar-refractivity contribution in [3.05, 3.63) is 42.4 Å². The van der Waals surface area contributed by atoms with E-state index in [0.717, 1.165) is 5.56 Å². The third-order valence-electron chi connectivity index (χ3n) is 5.43. The quantitative estimate of drug-likeness (QED) is 0.721. The molecule has 1 aromatic heterocycles. The van der Waals surface area contributed by atoms with Gasteiger partial charge in [0, 0.05) is 11.1 Å². The van der Waals surface area contributed by atoms with Gasteiger partial charge < -0.3 is 19.8 Å². The highest BCUT2D eigenvalue weighted by Gasteiger charge is 2.47. The van der Waals surface area contributed by atoms with Crippen molar-refractivity contribution in [3.63, 3.8) is 0 Å². The van der Waals surface area contributed by atoms with Crippen LogP contribution in [0.25, 0.3) is 11.3 Å². The first-order valence-corrected chi connectivity index (χ1v) is 9.97. The summed E-state index contributed by atoms with van der Waals surface area (Å²) in [5, 5.41) is 5.60. The smallest absolute Gasteiger partial charge is 0.251 e. The summed E-state index contributed by atoms with van der Waals surface area (Å²) in [6.45, 7) is 7.30. The summed E-state index contributed by atoms with van der Waals surface area (Å²) >= 11 is 0. The van der Waals surface area contributed by atoms with Gasteiger partial charge >= 0.3 is 0 Å². The third-order valence-corrected chi connectivity index (χ3v) is 5.43. The van der Waals surface area contributed by atoms with Crippen LogP contribution in [-0.4, -0.2) is 46.9 Å². The second-order valence-electron chi connectivity index (χ2n) is 8.17. The zero-order valence-electron chi connectivity index (χ0n) is 17.6. The molecule has 3 unspecified atom stereocenters. The lowest BCUT2D eigenvalue weighted by molar-refractivity contribution is -0.130. The van der Waals surface area contributed by atoms with Gasteiger partial charge in [-0.25, -0.2) is 4.98 Å². The first-order valence-electron chi connectivity index (χ1n) is 9.97. The van der Waals surface area contributed by atoms with E-state index in [9.17, 15) is 14.4 Å². The molecule has 0 bridgehead atoms. The van der Waals surface area contributed by atoms with E-state index < -0.39 is 23.6 Å². The number of ether oxygens (including phenoxy) is 1. The summed E-state index contributed by atoms with van der Waals surface area (Å²) in [7, 11) is 0. The van der Waals surface area contributed by atoms with Crippen molar-refractivity contribution in [1.82, 2.24) is 15.6 Å². The highest BCUT2D eigenvalue weighted by molar-refractivity contribution is 6.00. The van der Waals surface area contributed by atoms with Crippen molar-refractivity contribution in [2.75, 3.05) is 6.61 Å². The van der Waals surface area contributed by atoms with Crippen molar-refractivity contribution >= 4 is 17.6 Å². The number of hydrogen-bond acceptors (Lipinski definition) is 6. The number of nitrogens with zero attached hydrogens (tertiary/aromatic N) is 1. The molecule has 0 aliphatic carbocycles. The van der Waals surface area contributed by atoms with Crippen molar-refractivity contribution in [2.45, 2.75) is 51.8 Å². The number of hydrogen-bond donors (Lipinski definition) is 2. The predicted molar refractivity (Wildman–Crippen MR) is 110 cm³/mol. The molecule has 160 valence electrons. The van der Waals surface area contributed by atoms with Crippen LogP contribution >= 0.6 is 0 Å². The van der Waals surface area contributed by atoms with E-state index in [0.29, 0.717) is 17.7 Å². The molecule has 1 aromatic carbocycles. The van der Waals surface area contributed by atoms with Crippen molar-refractivity contribution in [1.29, 1.82) is 0 Å². The summed E-state index contributed by atoms with van der Waals surface area (Å²) in [4.78, 5) is 41.8. The predicted octanol–water partition coefficient (Wildman–Crippen LogP) is 2.35. The van der Waals surface area contributed by atoms with Gasteiger partial charge in [-0.2, -0.15) is 0 Å². The Morgan fingerprint density at radius 1 is 1.27 bits per heavy atom. The van der Waals surface area contributed by atoms with Crippen molar-refractivity contribution in [3.8, 4) is 11.3 Å². The molecule has 3 atom stereocenters. The highest BCUT2D eigenvalue weighted by atomic mass is 16.5. The SMILES string of the molecule is CC(C)CC(NC(=O)c1ccc(-c2cnco2)cc1)C(=O)NC1(C)C(=O)COC1C. The zero-order valence-corrected chi connectivity index (χ0v) is 17.6. The summed E-state index contributed by atoms with van der Waals surface area (Å²) in [5.41, 5.74) is 0.109. The number of amides is 2. The van der Waals surface area contributed by atoms with Crippen LogP contribution in [0.2, 0.25) is 0 Å². The number of rotatable bonds is 7. The van der Waals surface area contributed by atoms with Crippen LogP contribution in [0, 0.1) is 5.92 Å². The lowest BCUT2D eigenvalue weighted by atomic mass is 9.92. The monoisotopic (exact) mass is 413 g/mol. The van der Waals surface area contributed by atoms with Crippen LogP contribution in [0.4, 0.5) is 0 Å². The number of aromatic nitrogens is 1. The fraction of sp³-hybridized carbons (Fsp3) is 0.455. The van der Waals surface area contributed by atoms with Crippen LogP contribution in [0.5, 0.6) is 0 Å². The molecule has 8 nitrogen and oxygen atoms in total. The number of nitrogens with one attached hydrogen (secondary N) is 2. The molecule has 2 aromatic rings. The largest absolute Gasteiger partial charge is 0.444 e. The molecule has 2 heterocycles. The molecule has 2 N–H and O–H groups in total. The Bertz CT molecular complexity index is 907. The van der Waals surface area contributed by atoms with Crippen LogP contribution in [-0.2, 0) is 14.3 Å². The molecule has 1 saturated heterocycles. The van der Waals surface area contributed by atoms with Crippen molar-refractivity contribution < 1.29 is 23.5 Å². The van der Waals surface area contributed by atoms with Gasteiger partial charge in [-0.1, -0.05) is 26.0 Å². The number of carbonyl (C=O) groups excluding carboxylic acids is 3. The first-order chi connectivity index (χ1) is 14.2. The number of ketones is 1. The molecule has 1 aliphatic heterocycles. The van der Waals surface area contributed by atoms with Crippen molar-refractivity contribution in [2.24, 2.45) is 5.92 Å². The molecular weight excluding hydrogens is 386 g/mol. The Kier molecular flexibility index (Phi) is 6.36. The van der Waals surface area contributed by atoms with Crippen LogP contribution in [0.1, 0.15) is 44.5 Å².